The summed E-state index contributed by atoms with van der Waals surface area (Å²) >= 11 is 0. The third-order valence-corrected chi connectivity index (χ3v) is 5.25. The van der Waals surface area contributed by atoms with Crippen molar-refractivity contribution in [2.75, 3.05) is 19.6 Å². The largest absolute Gasteiger partial charge is 0.337 e. The molecule has 2 saturated heterocycles. The Bertz CT molecular complexity index is 367. The molecule has 0 unspecified atom stereocenters. The van der Waals surface area contributed by atoms with Gasteiger partial charge in [-0.2, -0.15) is 0 Å². The van der Waals surface area contributed by atoms with Crippen LogP contribution in [0.1, 0.15) is 67.2 Å². The van der Waals surface area contributed by atoms with Crippen LogP contribution < -0.4 is 0 Å². The van der Waals surface area contributed by atoms with Crippen molar-refractivity contribution >= 4 is 5.91 Å². The van der Waals surface area contributed by atoms with E-state index in [-0.39, 0.29) is 11.1 Å². The first-order chi connectivity index (χ1) is 9.04. The van der Waals surface area contributed by atoms with E-state index in [1.165, 1.54) is 25.9 Å². The number of carbonyl (C=O) groups excluding carboxylic acids is 1. The van der Waals surface area contributed by atoms with Crippen LogP contribution in [-0.2, 0) is 4.79 Å². The lowest BCUT2D eigenvalue weighted by Crippen LogP contribution is -2.58. The van der Waals surface area contributed by atoms with Crippen molar-refractivity contribution in [2.24, 2.45) is 5.41 Å². The number of carbonyl (C=O) groups is 1. The number of piperidine rings is 2. The number of likely N-dealkylation sites (tertiary alicyclic amines) is 2. The highest BCUT2D eigenvalue weighted by molar-refractivity contribution is 5.78. The van der Waals surface area contributed by atoms with Crippen LogP contribution in [0.5, 0.6) is 0 Å². The predicted molar refractivity (Wildman–Crippen MR) is 83.7 cm³/mol. The molecule has 2 rings (SSSR count). The van der Waals surface area contributed by atoms with Crippen molar-refractivity contribution in [1.29, 1.82) is 0 Å². The molecule has 3 heteroatoms. The van der Waals surface area contributed by atoms with E-state index in [4.69, 9.17) is 0 Å². The lowest BCUT2D eigenvalue weighted by molar-refractivity contribution is -0.146. The Morgan fingerprint density at radius 1 is 0.900 bits per heavy atom. The molecule has 0 aromatic rings. The summed E-state index contributed by atoms with van der Waals surface area (Å²) in [4.78, 5) is 16.9. The van der Waals surface area contributed by atoms with E-state index in [0.29, 0.717) is 11.3 Å². The summed E-state index contributed by atoms with van der Waals surface area (Å²) < 4.78 is 0. The van der Waals surface area contributed by atoms with Gasteiger partial charge in [0.15, 0.2) is 0 Å². The van der Waals surface area contributed by atoms with Gasteiger partial charge in [-0.15, -0.1) is 0 Å². The van der Waals surface area contributed by atoms with E-state index in [1.54, 1.807) is 0 Å². The minimum Gasteiger partial charge on any atom is -0.337 e. The molecule has 0 N–H and O–H groups in total. The van der Waals surface area contributed by atoms with Crippen molar-refractivity contribution in [1.82, 2.24) is 9.80 Å². The molecule has 116 valence electrons. The number of hydrogen-bond acceptors (Lipinski definition) is 2. The van der Waals surface area contributed by atoms with Gasteiger partial charge in [-0.25, -0.2) is 0 Å². The molecule has 0 bridgehead atoms. The third kappa shape index (κ3) is 3.19. The molecule has 0 aromatic heterocycles. The third-order valence-electron chi connectivity index (χ3n) is 5.25. The van der Waals surface area contributed by atoms with Gasteiger partial charge in [-0.05, 0) is 79.3 Å². The Labute approximate surface area is 124 Å². The number of nitrogens with zero attached hydrogens (tertiary/aromatic N) is 2. The second kappa shape index (κ2) is 5.01. The van der Waals surface area contributed by atoms with E-state index in [0.717, 1.165) is 19.4 Å². The van der Waals surface area contributed by atoms with Crippen LogP contribution in [0.15, 0.2) is 0 Å². The average molecular weight is 280 g/mol. The molecule has 2 fully saturated rings. The van der Waals surface area contributed by atoms with Crippen molar-refractivity contribution in [3.8, 4) is 0 Å². The summed E-state index contributed by atoms with van der Waals surface area (Å²) in [5, 5.41) is 0. The number of hydrogen-bond donors (Lipinski definition) is 0. The monoisotopic (exact) mass is 280 g/mol. The zero-order chi connectivity index (χ0) is 15.2. The van der Waals surface area contributed by atoms with Crippen LogP contribution in [0.25, 0.3) is 0 Å². The van der Waals surface area contributed by atoms with E-state index in [1.807, 2.05) is 0 Å². The van der Waals surface area contributed by atoms with Gasteiger partial charge in [0.05, 0.1) is 0 Å². The second-order valence-electron chi connectivity index (χ2n) is 8.81. The number of amides is 1. The normalized spacial score (nSPS) is 25.3. The lowest BCUT2D eigenvalue weighted by Gasteiger charge is -2.52. The van der Waals surface area contributed by atoms with Gasteiger partial charge in [0, 0.05) is 24.0 Å². The maximum atomic E-state index is 12.2. The molecule has 0 aromatic carbocycles. The Morgan fingerprint density at radius 2 is 1.45 bits per heavy atom. The van der Waals surface area contributed by atoms with Gasteiger partial charge in [0.1, 0.15) is 0 Å². The van der Waals surface area contributed by atoms with Crippen molar-refractivity contribution in [3.05, 3.63) is 0 Å². The summed E-state index contributed by atoms with van der Waals surface area (Å²) in [6.45, 7) is 16.7. The van der Waals surface area contributed by atoms with E-state index in [9.17, 15) is 4.79 Å². The van der Waals surface area contributed by atoms with Crippen LogP contribution in [0, 0.1) is 5.41 Å². The van der Waals surface area contributed by atoms with Crippen molar-refractivity contribution in [3.63, 3.8) is 0 Å². The van der Waals surface area contributed by atoms with Crippen LogP contribution >= 0.6 is 0 Å². The van der Waals surface area contributed by atoms with Gasteiger partial charge in [-0.3, -0.25) is 9.69 Å². The molecule has 0 aliphatic carbocycles. The minimum atomic E-state index is -0.0360. The molecular weight excluding hydrogens is 248 g/mol. The number of rotatable bonds is 0. The highest BCUT2D eigenvalue weighted by Crippen LogP contribution is 2.43. The quantitative estimate of drug-likeness (QED) is 0.680. The molecule has 1 spiro atoms. The first kappa shape index (κ1) is 15.8. The average Bonchev–Trinajstić information content (AvgIpc) is 2.31. The molecule has 0 saturated carbocycles. The Kier molecular flexibility index (Phi) is 3.96. The Morgan fingerprint density at radius 3 is 1.90 bits per heavy atom. The molecule has 1 amide bonds. The molecule has 2 aliphatic heterocycles. The molecule has 20 heavy (non-hydrogen) atoms. The summed E-state index contributed by atoms with van der Waals surface area (Å²) in [6.07, 6.45) is 4.32. The summed E-state index contributed by atoms with van der Waals surface area (Å²) in [5.74, 6) is 0.348. The Balaban J connectivity index is 2.05. The predicted octanol–water partition coefficient (Wildman–Crippen LogP) is 3.29. The first-order valence-electron chi connectivity index (χ1n) is 8.09. The van der Waals surface area contributed by atoms with Crippen LogP contribution in [0.3, 0.4) is 0 Å². The molecule has 0 atom stereocenters. The summed E-state index contributed by atoms with van der Waals surface area (Å²) in [6, 6.07) is 0. The van der Waals surface area contributed by atoms with Crippen molar-refractivity contribution < 1.29 is 4.79 Å². The van der Waals surface area contributed by atoms with Crippen LogP contribution in [0.2, 0.25) is 0 Å². The second-order valence-corrected chi connectivity index (χ2v) is 8.81. The van der Waals surface area contributed by atoms with Crippen molar-refractivity contribution in [2.45, 2.75) is 78.3 Å². The van der Waals surface area contributed by atoms with Crippen LogP contribution in [0.4, 0.5) is 0 Å². The maximum absolute atomic E-state index is 12.2. The zero-order valence-electron chi connectivity index (χ0n) is 14.3. The minimum absolute atomic E-state index is 0.0360. The van der Waals surface area contributed by atoms with E-state index >= 15 is 0 Å². The van der Waals surface area contributed by atoms with Gasteiger partial charge in [0.2, 0.25) is 5.91 Å². The molecule has 0 radical (unpaired) electrons. The maximum Gasteiger partial charge on any atom is 0.223 e. The van der Waals surface area contributed by atoms with Gasteiger partial charge < -0.3 is 4.90 Å². The smallest absolute Gasteiger partial charge is 0.223 e. The Hall–Kier alpha value is -0.570. The highest BCUT2D eigenvalue weighted by Gasteiger charge is 2.44. The first-order valence-corrected chi connectivity index (χ1v) is 8.09. The molecular formula is C17H32N2O. The fraction of sp³-hybridized carbons (Fsp3) is 0.941. The molecule has 2 heterocycles. The summed E-state index contributed by atoms with van der Waals surface area (Å²) in [5.41, 5.74) is 0.615. The SMILES string of the molecule is CC(C)(C)N1CCC2(CCC(=O)N(C(C)(C)C)C2)CC1. The molecule has 3 nitrogen and oxygen atoms in total. The highest BCUT2D eigenvalue weighted by atomic mass is 16.2. The van der Waals surface area contributed by atoms with Gasteiger partial charge in [0.25, 0.3) is 0 Å². The fourth-order valence-electron chi connectivity index (χ4n) is 3.68. The van der Waals surface area contributed by atoms with Crippen LogP contribution in [-0.4, -0.2) is 46.4 Å². The van der Waals surface area contributed by atoms with E-state index in [2.05, 4.69) is 51.3 Å². The topological polar surface area (TPSA) is 23.6 Å². The molecule has 2 aliphatic rings. The lowest BCUT2D eigenvalue weighted by atomic mass is 9.71. The summed E-state index contributed by atoms with van der Waals surface area (Å²) in [7, 11) is 0. The van der Waals surface area contributed by atoms with Gasteiger partial charge in [-0.1, -0.05) is 0 Å². The van der Waals surface area contributed by atoms with Gasteiger partial charge >= 0.3 is 0 Å². The van der Waals surface area contributed by atoms with E-state index < -0.39 is 0 Å². The fourth-order valence-corrected chi connectivity index (χ4v) is 3.68. The standard InChI is InChI=1S/C17H32N2O/c1-15(2,3)18-11-9-17(10-12-18)8-7-14(20)19(13-17)16(4,5)6/h7-13H2,1-6H3. The zero-order valence-corrected chi connectivity index (χ0v) is 14.3.